The van der Waals surface area contributed by atoms with Crippen LogP contribution in [0.2, 0.25) is 0 Å². The summed E-state index contributed by atoms with van der Waals surface area (Å²) in [7, 11) is 0. The molecule has 0 saturated heterocycles. The lowest BCUT2D eigenvalue weighted by Crippen LogP contribution is -2.02. The van der Waals surface area contributed by atoms with Gasteiger partial charge in [0.25, 0.3) is 0 Å². The first-order chi connectivity index (χ1) is 4.66. The minimum absolute atomic E-state index is 0.293. The number of ether oxygens (including phenoxy) is 1. The molecule has 0 saturated carbocycles. The maximum atomic E-state index is 10.6. The van der Waals surface area contributed by atoms with Crippen LogP contribution in [0, 0.1) is 0 Å². The Morgan fingerprint density at radius 1 is 1.70 bits per heavy atom. The van der Waals surface area contributed by atoms with Gasteiger partial charge in [0.2, 0.25) is 5.76 Å². The standard InChI is InChI=1S/C5H4Br2O3/c6-1-2-3(8)5(9)10-4(2)7/h4,8H,1H2. The molecule has 0 bridgehead atoms. The van der Waals surface area contributed by atoms with Crippen LogP contribution in [0.5, 0.6) is 0 Å². The molecule has 1 N–H and O–H groups in total. The van der Waals surface area contributed by atoms with E-state index in [4.69, 9.17) is 5.11 Å². The fourth-order valence-electron chi connectivity index (χ4n) is 0.583. The van der Waals surface area contributed by atoms with Crippen molar-refractivity contribution in [1.82, 2.24) is 0 Å². The van der Waals surface area contributed by atoms with Crippen molar-refractivity contribution in [3.05, 3.63) is 11.3 Å². The van der Waals surface area contributed by atoms with Crippen LogP contribution in [0.1, 0.15) is 0 Å². The van der Waals surface area contributed by atoms with E-state index in [0.717, 1.165) is 0 Å². The first-order valence-corrected chi connectivity index (χ1v) is 4.53. The van der Waals surface area contributed by atoms with E-state index >= 15 is 0 Å². The molecule has 1 aliphatic heterocycles. The fourth-order valence-corrected chi connectivity index (χ4v) is 2.13. The summed E-state index contributed by atoms with van der Waals surface area (Å²) in [5.74, 6) is -0.963. The molecule has 0 aromatic rings. The highest BCUT2D eigenvalue weighted by Crippen LogP contribution is 2.26. The highest BCUT2D eigenvalue weighted by molar-refractivity contribution is 9.10. The number of rotatable bonds is 1. The average molecular weight is 272 g/mol. The molecule has 0 aromatic heterocycles. The zero-order valence-electron chi connectivity index (χ0n) is 4.80. The lowest BCUT2D eigenvalue weighted by atomic mass is 10.3. The number of halogens is 2. The van der Waals surface area contributed by atoms with Gasteiger partial charge in [-0.1, -0.05) is 15.9 Å². The van der Waals surface area contributed by atoms with Crippen LogP contribution in [0.4, 0.5) is 0 Å². The minimum Gasteiger partial charge on any atom is -0.502 e. The number of alkyl halides is 2. The molecule has 0 fully saturated rings. The Bertz CT molecular complexity index is 199. The Hall–Kier alpha value is -0.0300. The van der Waals surface area contributed by atoms with Gasteiger partial charge in [0.15, 0.2) is 5.01 Å². The molecule has 10 heavy (non-hydrogen) atoms. The highest BCUT2D eigenvalue weighted by atomic mass is 79.9. The normalized spacial score (nSPS) is 25.4. The summed E-state index contributed by atoms with van der Waals surface area (Å²) in [5.41, 5.74) is 0.532. The van der Waals surface area contributed by atoms with Crippen molar-refractivity contribution in [2.24, 2.45) is 0 Å². The van der Waals surface area contributed by atoms with Crippen molar-refractivity contribution in [1.29, 1.82) is 0 Å². The van der Waals surface area contributed by atoms with Gasteiger partial charge < -0.3 is 9.84 Å². The van der Waals surface area contributed by atoms with Gasteiger partial charge in [0, 0.05) is 10.9 Å². The van der Waals surface area contributed by atoms with Gasteiger partial charge in [-0.2, -0.15) is 0 Å². The number of carbonyl (C=O) groups excluding carboxylic acids is 1. The van der Waals surface area contributed by atoms with Crippen LogP contribution in [-0.2, 0) is 9.53 Å². The third kappa shape index (κ3) is 1.20. The summed E-state index contributed by atoms with van der Waals surface area (Å²) in [6.45, 7) is 0. The number of cyclic esters (lactones) is 1. The Morgan fingerprint density at radius 3 is 2.50 bits per heavy atom. The molecular weight excluding hydrogens is 268 g/mol. The number of hydrogen-bond acceptors (Lipinski definition) is 3. The van der Waals surface area contributed by atoms with Crippen molar-refractivity contribution in [2.45, 2.75) is 5.01 Å². The number of esters is 1. The Labute approximate surface area is 74.3 Å². The molecule has 0 radical (unpaired) electrons. The summed E-state index contributed by atoms with van der Waals surface area (Å²) >= 11 is 6.16. The van der Waals surface area contributed by atoms with Gasteiger partial charge in [-0.15, -0.1) is 0 Å². The third-order valence-electron chi connectivity index (χ3n) is 1.13. The van der Waals surface area contributed by atoms with E-state index in [0.29, 0.717) is 10.9 Å². The number of aliphatic hydroxyl groups is 1. The average Bonchev–Trinajstić information content (AvgIpc) is 2.09. The monoisotopic (exact) mass is 270 g/mol. The zero-order chi connectivity index (χ0) is 7.72. The van der Waals surface area contributed by atoms with Crippen LogP contribution in [0.25, 0.3) is 0 Å². The molecule has 1 unspecified atom stereocenters. The third-order valence-corrected chi connectivity index (χ3v) is 2.47. The summed E-state index contributed by atoms with van der Waals surface area (Å²) in [6, 6.07) is 0. The van der Waals surface area contributed by atoms with Crippen molar-refractivity contribution < 1.29 is 14.6 Å². The van der Waals surface area contributed by atoms with Crippen molar-refractivity contribution in [2.75, 3.05) is 5.33 Å². The smallest absolute Gasteiger partial charge is 0.374 e. The first kappa shape index (κ1) is 8.07. The Balaban J connectivity index is 2.90. The molecule has 0 aromatic carbocycles. The molecule has 0 amide bonds. The Morgan fingerprint density at radius 2 is 2.30 bits per heavy atom. The molecule has 1 aliphatic rings. The molecule has 1 rings (SSSR count). The summed E-state index contributed by atoms with van der Waals surface area (Å²) in [6.07, 6.45) is 0. The van der Waals surface area contributed by atoms with E-state index in [-0.39, 0.29) is 5.76 Å². The van der Waals surface area contributed by atoms with E-state index < -0.39 is 11.0 Å². The van der Waals surface area contributed by atoms with E-state index in [9.17, 15) is 4.79 Å². The van der Waals surface area contributed by atoms with Crippen LogP contribution in [-0.4, -0.2) is 21.4 Å². The van der Waals surface area contributed by atoms with Crippen molar-refractivity contribution in [3.8, 4) is 0 Å². The van der Waals surface area contributed by atoms with E-state index in [2.05, 4.69) is 36.6 Å². The second kappa shape index (κ2) is 2.92. The van der Waals surface area contributed by atoms with E-state index in [1.54, 1.807) is 0 Å². The predicted molar refractivity (Wildman–Crippen MR) is 42.3 cm³/mol. The van der Waals surface area contributed by atoms with Crippen LogP contribution >= 0.6 is 31.9 Å². The SMILES string of the molecule is O=C1OC(Br)C(CBr)=C1O. The minimum atomic E-state index is -0.670. The summed E-state index contributed by atoms with van der Waals surface area (Å²) in [4.78, 5) is 10.6. The van der Waals surface area contributed by atoms with Gasteiger partial charge in [0.05, 0.1) is 0 Å². The van der Waals surface area contributed by atoms with Gasteiger partial charge in [0.1, 0.15) is 0 Å². The van der Waals surface area contributed by atoms with Crippen molar-refractivity contribution >= 4 is 37.8 Å². The van der Waals surface area contributed by atoms with Gasteiger partial charge in [-0.25, -0.2) is 4.79 Å². The van der Waals surface area contributed by atoms with Crippen molar-refractivity contribution in [3.63, 3.8) is 0 Å². The number of carbonyl (C=O) groups is 1. The van der Waals surface area contributed by atoms with Crippen LogP contribution in [0.15, 0.2) is 11.3 Å². The topological polar surface area (TPSA) is 46.5 Å². The van der Waals surface area contributed by atoms with Gasteiger partial charge >= 0.3 is 5.97 Å². The molecule has 1 heterocycles. The molecule has 1 atom stereocenters. The first-order valence-electron chi connectivity index (χ1n) is 2.50. The van der Waals surface area contributed by atoms with E-state index in [1.165, 1.54) is 0 Å². The molecule has 0 aliphatic carbocycles. The van der Waals surface area contributed by atoms with E-state index in [1.807, 2.05) is 0 Å². The lowest BCUT2D eigenvalue weighted by molar-refractivity contribution is -0.139. The number of hydrogen-bond donors (Lipinski definition) is 1. The van der Waals surface area contributed by atoms with Gasteiger partial charge in [-0.05, 0) is 15.9 Å². The highest BCUT2D eigenvalue weighted by Gasteiger charge is 2.31. The molecule has 56 valence electrons. The zero-order valence-corrected chi connectivity index (χ0v) is 7.98. The largest absolute Gasteiger partial charge is 0.502 e. The summed E-state index contributed by atoms with van der Waals surface area (Å²) < 4.78 is 4.60. The lowest BCUT2D eigenvalue weighted by Gasteiger charge is -1.99. The molecule has 5 heteroatoms. The van der Waals surface area contributed by atoms with Crippen LogP contribution < -0.4 is 0 Å². The quantitative estimate of drug-likeness (QED) is 0.580. The summed E-state index contributed by atoms with van der Waals surface area (Å²) in [5, 5.41) is 8.93. The second-order valence-electron chi connectivity index (χ2n) is 1.73. The van der Waals surface area contributed by atoms with Crippen LogP contribution in [0.3, 0.4) is 0 Å². The predicted octanol–water partition coefficient (Wildman–Crippen LogP) is 1.47. The van der Waals surface area contributed by atoms with Gasteiger partial charge in [-0.3, -0.25) is 0 Å². The molecule has 3 nitrogen and oxygen atoms in total. The maximum Gasteiger partial charge on any atom is 0.374 e. The maximum absolute atomic E-state index is 10.6. The molecule has 0 spiro atoms. The number of aliphatic hydroxyl groups excluding tert-OH is 1. The fraction of sp³-hybridized carbons (Fsp3) is 0.400. The molecular formula is C5H4Br2O3. The second-order valence-corrected chi connectivity index (χ2v) is 3.12. The Kier molecular flexibility index (Phi) is 2.36.